The van der Waals surface area contributed by atoms with Gasteiger partial charge in [0.15, 0.2) is 0 Å². The number of piperidine rings is 1. The maximum absolute atomic E-state index is 14.1. The topological polar surface area (TPSA) is 112 Å². The molecule has 5 N–H and O–H groups in total. The molecule has 7 nitrogen and oxygen atoms in total. The molecule has 0 bridgehead atoms. The number of anilines is 1. The Morgan fingerprint density at radius 1 is 1.29 bits per heavy atom. The highest BCUT2D eigenvalue weighted by Gasteiger charge is 2.39. The van der Waals surface area contributed by atoms with Crippen LogP contribution in [-0.2, 0) is 11.0 Å². The van der Waals surface area contributed by atoms with E-state index in [0.29, 0.717) is 37.1 Å². The Kier molecular flexibility index (Phi) is 7.83. The zero-order valence-corrected chi connectivity index (χ0v) is 18.7. The number of carbonyl (C=O) groups excluding carboxylic acids is 1. The van der Waals surface area contributed by atoms with Gasteiger partial charge in [-0.25, -0.2) is 0 Å². The number of ether oxygens (including phenoxy) is 1. The number of aromatic hydroxyl groups is 1. The van der Waals surface area contributed by atoms with Gasteiger partial charge < -0.3 is 25.8 Å². The maximum Gasteiger partial charge on any atom is 0.421 e. The lowest BCUT2D eigenvalue weighted by Gasteiger charge is -2.28. The summed E-state index contributed by atoms with van der Waals surface area (Å²) in [5.41, 5.74) is 4.85. The Labute approximate surface area is 195 Å². The number of amidine groups is 1. The molecule has 182 valence electrons. The average molecular weight is 476 g/mol. The SMILES string of the molecule is CC(=O)N(C/C=C/c1cc(C(=N)N)ccc1O)c1cccc(OC2CCNCC2)c1C(F)(F)F. The predicted molar refractivity (Wildman–Crippen MR) is 124 cm³/mol. The minimum Gasteiger partial charge on any atom is -0.507 e. The van der Waals surface area contributed by atoms with Gasteiger partial charge in [-0.2, -0.15) is 13.2 Å². The molecule has 0 aliphatic carbocycles. The molecule has 1 aliphatic heterocycles. The van der Waals surface area contributed by atoms with Crippen LogP contribution < -0.4 is 20.7 Å². The highest BCUT2D eigenvalue weighted by molar-refractivity contribution is 5.96. The van der Waals surface area contributed by atoms with E-state index in [9.17, 15) is 23.1 Å². The summed E-state index contributed by atoms with van der Waals surface area (Å²) in [5.74, 6) is -1.18. The highest BCUT2D eigenvalue weighted by Crippen LogP contribution is 2.43. The Balaban J connectivity index is 1.93. The second kappa shape index (κ2) is 10.6. The van der Waals surface area contributed by atoms with Crippen LogP contribution in [0.5, 0.6) is 11.5 Å². The fourth-order valence-electron chi connectivity index (χ4n) is 3.76. The summed E-state index contributed by atoms with van der Waals surface area (Å²) in [7, 11) is 0. The number of carbonyl (C=O) groups is 1. The van der Waals surface area contributed by atoms with Crippen molar-refractivity contribution in [3.8, 4) is 11.5 Å². The van der Waals surface area contributed by atoms with Crippen LogP contribution >= 0.6 is 0 Å². The number of nitrogens with two attached hydrogens (primary N) is 1. The number of hydrogen-bond acceptors (Lipinski definition) is 5. The molecule has 1 fully saturated rings. The molecule has 0 saturated carbocycles. The van der Waals surface area contributed by atoms with Gasteiger partial charge in [-0.15, -0.1) is 0 Å². The molecule has 10 heteroatoms. The van der Waals surface area contributed by atoms with E-state index in [1.54, 1.807) is 0 Å². The Bertz CT molecular complexity index is 1080. The number of rotatable bonds is 7. The van der Waals surface area contributed by atoms with E-state index in [1.807, 2.05) is 0 Å². The highest BCUT2D eigenvalue weighted by atomic mass is 19.4. The Morgan fingerprint density at radius 2 is 2.00 bits per heavy atom. The number of hydrogen-bond donors (Lipinski definition) is 4. The summed E-state index contributed by atoms with van der Waals surface area (Å²) in [4.78, 5) is 13.4. The van der Waals surface area contributed by atoms with Crippen molar-refractivity contribution < 1.29 is 27.8 Å². The molecule has 1 heterocycles. The summed E-state index contributed by atoms with van der Waals surface area (Å²) in [6, 6.07) is 8.25. The van der Waals surface area contributed by atoms with Gasteiger partial charge in [-0.1, -0.05) is 18.2 Å². The van der Waals surface area contributed by atoms with E-state index in [0.717, 1.165) is 4.90 Å². The van der Waals surface area contributed by atoms with Gasteiger partial charge in [-0.05, 0) is 56.3 Å². The number of nitrogens with one attached hydrogen (secondary N) is 2. The first-order chi connectivity index (χ1) is 16.1. The third-order valence-electron chi connectivity index (χ3n) is 5.46. The van der Waals surface area contributed by atoms with Crippen LogP contribution in [0.25, 0.3) is 6.08 Å². The van der Waals surface area contributed by atoms with Crippen molar-refractivity contribution in [1.29, 1.82) is 5.41 Å². The zero-order chi connectivity index (χ0) is 24.9. The summed E-state index contributed by atoms with van der Waals surface area (Å²) >= 11 is 0. The third-order valence-corrected chi connectivity index (χ3v) is 5.46. The van der Waals surface area contributed by atoms with Crippen molar-refractivity contribution in [1.82, 2.24) is 5.32 Å². The van der Waals surface area contributed by atoms with Gasteiger partial charge >= 0.3 is 6.18 Å². The number of phenols is 1. The van der Waals surface area contributed by atoms with Crippen molar-refractivity contribution in [2.75, 3.05) is 24.5 Å². The van der Waals surface area contributed by atoms with Crippen molar-refractivity contribution in [3.05, 3.63) is 59.2 Å². The summed E-state index contributed by atoms with van der Waals surface area (Å²) < 4.78 is 48.1. The van der Waals surface area contributed by atoms with E-state index in [-0.39, 0.29) is 35.7 Å². The number of amides is 1. The average Bonchev–Trinajstić information content (AvgIpc) is 2.77. The lowest BCUT2D eigenvalue weighted by atomic mass is 10.1. The van der Waals surface area contributed by atoms with E-state index < -0.39 is 17.6 Å². The van der Waals surface area contributed by atoms with Crippen molar-refractivity contribution in [2.45, 2.75) is 32.0 Å². The summed E-state index contributed by atoms with van der Waals surface area (Å²) in [6.07, 6.45) is -1.00. The predicted octanol–water partition coefficient (Wildman–Crippen LogP) is 3.89. The van der Waals surface area contributed by atoms with Crippen LogP contribution in [0.4, 0.5) is 18.9 Å². The quantitative estimate of drug-likeness (QED) is 0.358. The first kappa shape index (κ1) is 25.1. The second-order valence-electron chi connectivity index (χ2n) is 7.93. The molecule has 34 heavy (non-hydrogen) atoms. The zero-order valence-electron chi connectivity index (χ0n) is 18.7. The number of alkyl halides is 3. The molecule has 2 aromatic carbocycles. The Hall–Kier alpha value is -3.53. The van der Waals surface area contributed by atoms with Crippen LogP contribution in [0, 0.1) is 5.41 Å². The molecule has 2 aromatic rings. The van der Waals surface area contributed by atoms with Crippen LogP contribution in [0.1, 0.15) is 36.5 Å². The number of nitrogens with zero attached hydrogens (tertiary/aromatic N) is 1. The molecular formula is C24H27F3N4O3. The number of benzene rings is 2. The number of halogens is 3. The van der Waals surface area contributed by atoms with Crippen molar-refractivity contribution in [2.24, 2.45) is 5.73 Å². The van der Waals surface area contributed by atoms with E-state index >= 15 is 0 Å². The lowest BCUT2D eigenvalue weighted by molar-refractivity contribution is -0.138. The molecule has 0 spiro atoms. The third kappa shape index (κ3) is 6.07. The summed E-state index contributed by atoms with van der Waals surface area (Å²) in [6.45, 7) is 2.32. The van der Waals surface area contributed by atoms with Crippen LogP contribution in [0.15, 0.2) is 42.5 Å². The van der Waals surface area contributed by atoms with E-state index in [4.69, 9.17) is 15.9 Å². The fraction of sp³-hybridized carbons (Fsp3) is 0.333. The fourth-order valence-corrected chi connectivity index (χ4v) is 3.76. The van der Waals surface area contributed by atoms with Crippen LogP contribution in [0.2, 0.25) is 0 Å². The Morgan fingerprint density at radius 3 is 2.62 bits per heavy atom. The molecule has 0 atom stereocenters. The van der Waals surface area contributed by atoms with Crippen molar-refractivity contribution >= 4 is 23.5 Å². The number of nitrogen functional groups attached to an aromatic ring is 1. The summed E-state index contributed by atoms with van der Waals surface area (Å²) in [5, 5.41) is 20.7. The molecule has 0 aromatic heterocycles. The van der Waals surface area contributed by atoms with Crippen molar-refractivity contribution in [3.63, 3.8) is 0 Å². The van der Waals surface area contributed by atoms with E-state index in [2.05, 4.69) is 5.32 Å². The minimum absolute atomic E-state index is 0.0935. The first-order valence-corrected chi connectivity index (χ1v) is 10.8. The van der Waals surface area contributed by atoms with Gasteiger partial charge in [0.25, 0.3) is 0 Å². The molecule has 1 saturated heterocycles. The molecule has 1 amide bonds. The van der Waals surface area contributed by atoms with Crippen LogP contribution in [0.3, 0.4) is 0 Å². The first-order valence-electron chi connectivity index (χ1n) is 10.8. The molecule has 0 unspecified atom stereocenters. The van der Waals surface area contributed by atoms with Gasteiger partial charge in [-0.3, -0.25) is 10.2 Å². The van der Waals surface area contributed by atoms with Gasteiger partial charge in [0.2, 0.25) is 5.91 Å². The largest absolute Gasteiger partial charge is 0.507 e. The monoisotopic (exact) mass is 476 g/mol. The molecule has 3 rings (SSSR count). The van der Waals surface area contributed by atoms with E-state index in [1.165, 1.54) is 55.5 Å². The minimum atomic E-state index is -4.75. The smallest absolute Gasteiger partial charge is 0.421 e. The number of phenolic OH excluding ortho intramolecular Hbond substituents is 1. The normalized spacial score (nSPS) is 14.8. The van der Waals surface area contributed by atoms with Gasteiger partial charge in [0.1, 0.15) is 29.0 Å². The second-order valence-corrected chi connectivity index (χ2v) is 7.93. The lowest BCUT2D eigenvalue weighted by Crippen LogP contribution is -2.35. The van der Waals surface area contributed by atoms with Crippen LogP contribution in [-0.4, -0.2) is 42.6 Å². The van der Waals surface area contributed by atoms with Gasteiger partial charge in [0, 0.05) is 24.6 Å². The molecule has 0 radical (unpaired) electrons. The van der Waals surface area contributed by atoms with Gasteiger partial charge in [0.05, 0.1) is 5.69 Å². The molecular weight excluding hydrogens is 449 g/mol. The standard InChI is InChI=1S/C24H27F3N4O3/c1-15(32)31(13-3-4-16-14-17(23(28)29)7-8-20(16)33)19-5-2-6-21(22(19)24(25,26)27)34-18-9-11-30-12-10-18/h2-8,14,18,30,33H,9-13H2,1H3,(H3,28,29)/b4-3+. The molecule has 1 aliphatic rings. The maximum atomic E-state index is 14.1.